The van der Waals surface area contributed by atoms with E-state index in [-0.39, 0.29) is 0 Å². The second-order valence-electron chi connectivity index (χ2n) is 5.34. The molecule has 0 saturated carbocycles. The van der Waals surface area contributed by atoms with Gasteiger partial charge in [-0.05, 0) is 48.7 Å². The summed E-state index contributed by atoms with van der Waals surface area (Å²) in [5.41, 5.74) is 1.14. The van der Waals surface area contributed by atoms with Gasteiger partial charge in [-0.15, -0.1) is 0 Å². The summed E-state index contributed by atoms with van der Waals surface area (Å²) in [5, 5.41) is 3.56. The van der Waals surface area contributed by atoms with Gasteiger partial charge in [-0.3, -0.25) is 0 Å². The van der Waals surface area contributed by atoms with Crippen LogP contribution in [0, 0.1) is 5.92 Å². The van der Waals surface area contributed by atoms with E-state index >= 15 is 0 Å². The van der Waals surface area contributed by atoms with Crippen LogP contribution in [0.5, 0.6) is 11.5 Å². The molecule has 0 aromatic heterocycles. The topological polar surface area (TPSA) is 21.3 Å². The van der Waals surface area contributed by atoms with Gasteiger partial charge in [0.1, 0.15) is 11.5 Å². The van der Waals surface area contributed by atoms with E-state index in [0.717, 1.165) is 23.6 Å². The van der Waals surface area contributed by atoms with Crippen molar-refractivity contribution in [2.75, 3.05) is 5.32 Å². The molecule has 0 amide bonds. The van der Waals surface area contributed by atoms with E-state index in [9.17, 15) is 0 Å². The van der Waals surface area contributed by atoms with Crippen molar-refractivity contribution in [1.29, 1.82) is 0 Å². The lowest BCUT2D eigenvalue weighted by Gasteiger charge is -2.22. The molecule has 1 atom stereocenters. The quantitative estimate of drug-likeness (QED) is 0.765. The Kier molecular flexibility index (Phi) is 5.05. The number of ether oxygens (including phenoxy) is 1. The summed E-state index contributed by atoms with van der Waals surface area (Å²) >= 11 is 0. The molecule has 1 unspecified atom stereocenters. The molecule has 2 aromatic carbocycles. The maximum absolute atomic E-state index is 5.78. The average molecular weight is 269 g/mol. The van der Waals surface area contributed by atoms with E-state index in [1.165, 1.54) is 0 Å². The Morgan fingerprint density at radius 2 is 1.50 bits per heavy atom. The standard InChI is InChI=1S/C18H23NO/c1-4-18(14(2)3)19-15-10-12-17(13-11-15)20-16-8-6-5-7-9-16/h5-14,18-19H,4H2,1-3H3. The Bertz CT molecular complexity index is 505. The highest BCUT2D eigenvalue weighted by Crippen LogP contribution is 2.23. The van der Waals surface area contributed by atoms with E-state index in [1.807, 2.05) is 42.5 Å². The lowest BCUT2D eigenvalue weighted by atomic mass is 10.0. The van der Waals surface area contributed by atoms with Crippen LogP contribution >= 0.6 is 0 Å². The summed E-state index contributed by atoms with van der Waals surface area (Å²) in [5.74, 6) is 2.35. The minimum Gasteiger partial charge on any atom is -0.457 e. The number of para-hydroxylation sites is 1. The van der Waals surface area contributed by atoms with Gasteiger partial charge in [-0.2, -0.15) is 0 Å². The lowest BCUT2D eigenvalue weighted by Crippen LogP contribution is -2.24. The van der Waals surface area contributed by atoms with Crippen molar-refractivity contribution in [3.05, 3.63) is 54.6 Å². The molecule has 0 bridgehead atoms. The first-order valence-electron chi connectivity index (χ1n) is 7.28. The third-order valence-electron chi connectivity index (χ3n) is 3.43. The Morgan fingerprint density at radius 3 is 2.05 bits per heavy atom. The van der Waals surface area contributed by atoms with Gasteiger partial charge in [-0.1, -0.05) is 39.0 Å². The molecular weight excluding hydrogens is 246 g/mol. The molecule has 0 fully saturated rings. The average Bonchev–Trinajstić information content (AvgIpc) is 2.47. The number of hydrogen-bond donors (Lipinski definition) is 1. The number of anilines is 1. The molecule has 0 saturated heterocycles. The summed E-state index contributed by atoms with van der Waals surface area (Å²) < 4.78 is 5.78. The van der Waals surface area contributed by atoms with E-state index in [2.05, 4.69) is 38.2 Å². The molecule has 0 aliphatic carbocycles. The Hall–Kier alpha value is -1.96. The van der Waals surface area contributed by atoms with Crippen molar-refractivity contribution in [1.82, 2.24) is 0 Å². The first kappa shape index (κ1) is 14.4. The molecule has 0 aliphatic heterocycles. The van der Waals surface area contributed by atoms with Crippen molar-refractivity contribution in [2.45, 2.75) is 33.2 Å². The van der Waals surface area contributed by atoms with Crippen molar-refractivity contribution < 1.29 is 4.74 Å². The third-order valence-corrected chi connectivity index (χ3v) is 3.43. The van der Waals surface area contributed by atoms with E-state index < -0.39 is 0 Å². The van der Waals surface area contributed by atoms with Crippen LogP contribution in [-0.4, -0.2) is 6.04 Å². The molecule has 0 heterocycles. The molecule has 106 valence electrons. The summed E-state index contributed by atoms with van der Waals surface area (Å²) in [6.07, 6.45) is 1.12. The van der Waals surface area contributed by atoms with Crippen molar-refractivity contribution in [3.8, 4) is 11.5 Å². The van der Waals surface area contributed by atoms with Gasteiger partial charge in [0, 0.05) is 11.7 Å². The first-order chi connectivity index (χ1) is 9.69. The zero-order valence-electron chi connectivity index (χ0n) is 12.5. The second-order valence-corrected chi connectivity index (χ2v) is 5.34. The number of hydrogen-bond acceptors (Lipinski definition) is 2. The van der Waals surface area contributed by atoms with Crippen molar-refractivity contribution in [3.63, 3.8) is 0 Å². The highest BCUT2D eigenvalue weighted by atomic mass is 16.5. The van der Waals surface area contributed by atoms with Crippen molar-refractivity contribution >= 4 is 5.69 Å². The van der Waals surface area contributed by atoms with Crippen LogP contribution in [0.4, 0.5) is 5.69 Å². The zero-order valence-corrected chi connectivity index (χ0v) is 12.5. The van der Waals surface area contributed by atoms with Gasteiger partial charge >= 0.3 is 0 Å². The highest BCUT2D eigenvalue weighted by Gasteiger charge is 2.10. The van der Waals surface area contributed by atoms with Gasteiger partial charge in [0.15, 0.2) is 0 Å². The first-order valence-corrected chi connectivity index (χ1v) is 7.28. The van der Waals surface area contributed by atoms with Crippen LogP contribution in [-0.2, 0) is 0 Å². The van der Waals surface area contributed by atoms with Crippen LogP contribution < -0.4 is 10.1 Å². The highest BCUT2D eigenvalue weighted by molar-refractivity contribution is 5.48. The van der Waals surface area contributed by atoms with E-state index in [1.54, 1.807) is 0 Å². The SMILES string of the molecule is CCC(Nc1ccc(Oc2ccccc2)cc1)C(C)C. The Balaban J connectivity index is 1.99. The minimum atomic E-state index is 0.510. The summed E-state index contributed by atoms with van der Waals surface area (Å²) in [4.78, 5) is 0. The molecule has 2 nitrogen and oxygen atoms in total. The predicted molar refractivity (Wildman–Crippen MR) is 85.5 cm³/mol. The smallest absolute Gasteiger partial charge is 0.127 e. The fourth-order valence-corrected chi connectivity index (χ4v) is 2.20. The van der Waals surface area contributed by atoms with Gasteiger partial charge in [0.05, 0.1) is 0 Å². The van der Waals surface area contributed by atoms with Gasteiger partial charge in [0.25, 0.3) is 0 Å². The molecule has 2 aromatic rings. The molecule has 0 aliphatic rings. The molecule has 0 radical (unpaired) electrons. The fourth-order valence-electron chi connectivity index (χ4n) is 2.20. The van der Waals surface area contributed by atoms with Crippen LogP contribution in [0.3, 0.4) is 0 Å². The van der Waals surface area contributed by atoms with E-state index in [4.69, 9.17) is 4.74 Å². The normalized spacial score (nSPS) is 12.2. The molecule has 2 heteroatoms. The second kappa shape index (κ2) is 6.99. The van der Waals surface area contributed by atoms with Gasteiger partial charge in [-0.25, -0.2) is 0 Å². The van der Waals surface area contributed by atoms with Crippen LogP contribution in [0.25, 0.3) is 0 Å². The Morgan fingerprint density at radius 1 is 0.900 bits per heavy atom. The number of nitrogens with one attached hydrogen (secondary N) is 1. The monoisotopic (exact) mass is 269 g/mol. The summed E-state index contributed by atoms with van der Waals surface area (Å²) in [6, 6.07) is 18.5. The fraction of sp³-hybridized carbons (Fsp3) is 0.333. The maximum atomic E-state index is 5.78. The van der Waals surface area contributed by atoms with Crippen LogP contribution in [0.1, 0.15) is 27.2 Å². The van der Waals surface area contributed by atoms with Crippen LogP contribution in [0.15, 0.2) is 54.6 Å². The largest absolute Gasteiger partial charge is 0.457 e. The number of benzene rings is 2. The molecule has 1 N–H and O–H groups in total. The molecule has 20 heavy (non-hydrogen) atoms. The molecule has 0 spiro atoms. The van der Waals surface area contributed by atoms with Crippen molar-refractivity contribution in [2.24, 2.45) is 5.92 Å². The summed E-state index contributed by atoms with van der Waals surface area (Å²) in [6.45, 7) is 6.70. The molecular formula is C18H23NO. The van der Waals surface area contributed by atoms with Gasteiger partial charge in [0.2, 0.25) is 0 Å². The number of rotatable bonds is 6. The van der Waals surface area contributed by atoms with Crippen LogP contribution in [0.2, 0.25) is 0 Å². The zero-order chi connectivity index (χ0) is 14.4. The third kappa shape index (κ3) is 4.02. The summed E-state index contributed by atoms with van der Waals surface area (Å²) in [7, 11) is 0. The van der Waals surface area contributed by atoms with Gasteiger partial charge < -0.3 is 10.1 Å². The maximum Gasteiger partial charge on any atom is 0.127 e. The van der Waals surface area contributed by atoms with E-state index in [0.29, 0.717) is 12.0 Å². The minimum absolute atomic E-state index is 0.510. The lowest BCUT2D eigenvalue weighted by molar-refractivity contribution is 0.482. The molecule has 2 rings (SSSR count). The Labute approximate surface area is 121 Å². The predicted octanol–water partition coefficient (Wildman–Crippen LogP) is 5.33.